The van der Waals surface area contributed by atoms with E-state index in [1.54, 1.807) is 5.56 Å². The van der Waals surface area contributed by atoms with Crippen molar-refractivity contribution in [2.24, 2.45) is 0 Å². The number of hydrogen-bond acceptors (Lipinski definition) is 2. The minimum atomic E-state index is 0.00933. The SMILES string of the molecule is CCCCCCCCC1(CCCCCCCC)c2ccccc2-c2ccc(N(c3ccc(-c4ccccc4)cc3)c3ccc(-c4cccc5c4oc4ccccc45)cc3)cc21. The fraction of sp³-hybridized carbons (Fsp3) is 0.288. The Morgan fingerprint density at radius 3 is 1.62 bits per heavy atom. The summed E-state index contributed by atoms with van der Waals surface area (Å²) in [5.41, 5.74) is 16.0. The maximum absolute atomic E-state index is 6.48. The largest absolute Gasteiger partial charge is 0.455 e. The van der Waals surface area contributed by atoms with Gasteiger partial charge in [0.25, 0.3) is 0 Å². The molecule has 0 saturated carbocycles. The number of fused-ring (bicyclic) bond motifs is 6. The van der Waals surface area contributed by atoms with Crippen LogP contribution in [0.3, 0.4) is 0 Å². The highest BCUT2D eigenvalue weighted by atomic mass is 16.3. The summed E-state index contributed by atoms with van der Waals surface area (Å²) in [5.74, 6) is 0. The smallest absolute Gasteiger partial charge is 0.143 e. The van der Waals surface area contributed by atoms with E-state index in [0.717, 1.165) is 44.4 Å². The fourth-order valence-electron chi connectivity index (χ4n) is 10.3. The van der Waals surface area contributed by atoms with Crippen LogP contribution in [0.4, 0.5) is 17.1 Å². The van der Waals surface area contributed by atoms with Gasteiger partial charge in [-0.05, 0) is 94.3 Å². The number of benzene rings is 7. The van der Waals surface area contributed by atoms with Gasteiger partial charge in [-0.2, -0.15) is 0 Å². The average Bonchev–Trinajstić information content (AvgIpc) is 3.83. The number of nitrogens with zero attached hydrogens (tertiary/aromatic N) is 1. The number of para-hydroxylation sites is 2. The van der Waals surface area contributed by atoms with Gasteiger partial charge in [0.05, 0.1) is 0 Å². The molecule has 1 heterocycles. The molecule has 9 rings (SSSR count). The van der Waals surface area contributed by atoms with Crippen LogP contribution in [0.15, 0.2) is 168 Å². The highest BCUT2D eigenvalue weighted by Gasteiger charge is 2.42. The molecule has 308 valence electrons. The minimum absolute atomic E-state index is 0.00933. The Morgan fingerprint density at radius 1 is 0.393 bits per heavy atom. The summed E-state index contributed by atoms with van der Waals surface area (Å²) >= 11 is 0. The van der Waals surface area contributed by atoms with Crippen LogP contribution < -0.4 is 4.90 Å². The van der Waals surface area contributed by atoms with Crippen molar-refractivity contribution in [3.05, 3.63) is 175 Å². The Balaban J connectivity index is 1.13. The van der Waals surface area contributed by atoms with Gasteiger partial charge in [-0.1, -0.05) is 212 Å². The second-order valence-corrected chi connectivity index (χ2v) is 17.5. The van der Waals surface area contributed by atoms with E-state index in [1.165, 1.54) is 123 Å². The highest BCUT2D eigenvalue weighted by Crippen LogP contribution is 2.55. The molecule has 61 heavy (non-hydrogen) atoms. The number of furan rings is 1. The maximum Gasteiger partial charge on any atom is 0.143 e. The van der Waals surface area contributed by atoms with Crippen LogP contribution in [0.1, 0.15) is 115 Å². The van der Waals surface area contributed by atoms with Gasteiger partial charge in [-0.15, -0.1) is 0 Å². The summed E-state index contributed by atoms with van der Waals surface area (Å²) in [7, 11) is 0. The Morgan fingerprint density at radius 2 is 0.918 bits per heavy atom. The predicted molar refractivity (Wildman–Crippen MR) is 261 cm³/mol. The molecule has 1 aliphatic rings. The van der Waals surface area contributed by atoms with Gasteiger partial charge in [-0.3, -0.25) is 0 Å². The molecule has 1 aromatic heterocycles. The zero-order chi connectivity index (χ0) is 41.4. The summed E-state index contributed by atoms with van der Waals surface area (Å²) < 4.78 is 6.48. The Bertz CT molecular complexity index is 2650. The molecular formula is C59H61NO. The van der Waals surface area contributed by atoms with E-state index in [4.69, 9.17) is 4.42 Å². The first kappa shape index (κ1) is 40.5. The van der Waals surface area contributed by atoms with Gasteiger partial charge in [0.1, 0.15) is 11.2 Å². The third-order valence-electron chi connectivity index (χ3n) is 13.5. The predicted octanol–water partition coefficient (Wildman–Crippen LogP) is 18.2. The Hall–Kier alpha value is -5.86. The van der Waals surface area contributed by atoms with E-state index in [-0.39, 0.29) is 5.41 Å². The van der Waals surface area contributed by atoms with Crippen molar-refractivity contribution < 1.29 is 4.42 Å². The first-order valence-electron chi connectivity index (χ1n) is 23.4. The van der Waals surface area contributed by atoms with Crippen LogP contribution in [0.2, 0.25) is 0 Å². The zero-order valence-corrected chi connectivity index (χ0v) is 36.3. The van der Waals surface area contributed by atoms with Crippen LogP contribution in [0.5, 0.6) is 0 Å². The molecule has 0 fully saturated rings. The lowest BCUT2D eigenvalue weighted by Gasteiger charge is -2.34. The Labute approximate surface area is 364 Å². The first-order valence-corrected chi connectivity index (χ1v) is 23.4. The van der Waals surface area contributed by atoms with E-state index in [9.17, 15) is 0 Å². The molecule has 0 saturated heterocycles. The quantitative estimate of drug-likeness (QED) is 0.0758. The molecule has 0 unspecified atom stereocenters. The summed E-state index contributed by atoms with van der Waals surface area (Å²) in [6.45, 7) is 4.63. The molecule has 0 aliphatic heterocycles. The lowest BCUT2D eigenvalue weighted by molar-refractivity contribution is 0.398. The molecule has 0 atom stereocenters. The van der Waals surface area contributed by atoms with Gasteiger partial charge >= 0.3 is 0 Å². The van der Waals surface area contributed by atoms with Crippen LogP contribution >= 0.6 is 0 Å². The van der Waals surface area contributed by atoms with Crippen molar-refractivity contribution in [2.45, 2.75) is 109 Å². The second kappa shape index (κ2) is 18.8. The summed E-state index contributed by atoms with van der Waals surface area (Å²) in [6, 6.07) is 60.6. The first-order chi connectivity index (χ1) is 30.2. The number of hydrogen-bond donors (Lipinski definition) is 0. The fourth-order valence-corrected chi connectivity index (χ4v) is 10.3. The zero-order valence-electron chi connectivity index (χ0n) is 36.3. The van der Waals surface area contributed by atoms with Crippen molar-refractivity contribution >= 4 is 39.0 Å². The van der Waals surface area contributed by atoms with Crippen molar-refractivity contribution in [2.75, 3.05) is 4.90 Å². The van der Waals surface area contributed by atoms with E-state index in [0.29, 0.717) is 0 Å². The van der Waals surface area contributed by atoms with Crippen molar-refractivity contribution in [1.29, 1.82) is 0 Å². The Kier molecular flexibility index (Phi) is 12.5. The lowest BCUT2D eigenvalue weighted by Crippen LogP contribution is -2.26. The van der Waals surface area contributed by atoms with Gasteiger partial charge in [0.2, 0.25) is 0 Å². The van der Waals surface area contributed by atoms with Gasteiger partial charge in [-0.25, -0.2) is 0 Å². The molecule has 8 aromatic rings. The summed E-state index contributed by atoms with van der Waals surface area (Å²) in [5, 5.41) is 2.31. The van der Waals surface area contributed by atoms with Crippen molar-refractivity contribution in [1.82, 2.24) is 0 Å². The monoisotopic (exact) mass is 799 g/mol. The minimum Gasteiger partial charge on any atom is -0.455 e. The number of rotatable bonds is 19. The van der Waals surface area contributed by atoms with Crippen LogP contribution in [-0.2, 0) is 5.41 Å². The van der Waals surface area contributed by atoms with Gasteiger partial charge in [0.15, 0.2) is 0 Å². The standard InChI is InChI=1S/C59H61NO/c1-3-5-7-9-11-20-41-59(42-21-12-10-8-6-4-2)55-29-18-16-25-51(55)52-40-39-49(43-56(52)59)60(47-35-31-45(32-36-47)44-23-14-13-15-24-44)48-37-33-46(34-38-48)50-27-22-28-54-53-26-17-19-30-57(53)61-58(50)54/h13-19,22-40,43H,3-12,20-21,41-42H2,1-2H3. The highest BCUT2D eigenvalue weighted by molar-refractivity contribution is 6.09. The molecule has 0 radical (unpaired) electrons. The van der Waals surface area contributed by atoms with Crippen molar-refractivity contribution in [3.63, 3.8) is 0 Å². The van der Waals surface area contributed by atoms with Gasteiger partial charge in [0, 0.05) is 38.8 Å². The average molecular weight is 800 g/mol. The molecule has 7 aromatic carbocycles. The third kappa shape index (κ3) is 8.30. The van der Waals surface area contributed by atoms with E-state index < -0.39 is 0 Å². The van der Waals surface area contributed by atoms with E-state index in [2.05, 4.69) is 176 Å². The molecular weight excluding hydrogens is 739 g/mol. The molecule has 0 bridgehead atoms. The topological polar surface area (TPSA) is 16.4 Å². The number of anilines is 3. The normalized spacial score (nSPS) is 12.8. The summed E-state index contributed by atoms with van der Waals surface area (Å²) in [6.07, 6.45) is 18.2. The third-order valence-corrected chi connectivity index (χ3v) is 13.5. The van der Waals surface area contributed by atoms with Crippen LogP contribution in [0, 0.1) is 0 Å². The maximum atomic E-state index is 6.48. The van der Waals surface area contributed by atoms with Crippen molar-refractivity contribution in [3.8, 4) is 33.4 Å². The molecule has 1 aliphatic carbocycles. The van der Waals surface area contributed by atoms with E-state index in [1.807, 2.05) is 6.07 Å². The van der Waals surface area contributed by atoms with Gasteiger partial charge < -0.3 is 9.32 Å². The second-order valence-electron chi connectivity index (χ2n) is 17.5. The lowest BCUT2D eigenvalue weighted by atomic mass is 9.70. The summed E-state index contributed by atoms with van der Waals surface area (Å²) in [4.78, 5) is 2.48. The van der Waals surface area contributed by atoms with Crippen LogP contribution in [-0.4, -0.2) is 0 Å². The van der Waals surface area contributed by atoms with Crippen LogP contribution in [0.25, 0.3) is 55.3 Å². The molecule has 2 heteroatoms. The number of unbranched alkanes of at least 4 members (excludes halogenated alkanes) is 10. The van der Waals surface area contributed by atoms with E-state index >= 15 is 0 Å². The molecule has 2 nitrogen and oxygen atoms in total. The molecule has 0 amide bonds. The molecule has 0 spiro atoms. The molecule has 0 N–H and O–H groups in total.